The second-order valence-electron chi connectivity index (χ2n) is 10.9. The van der Waals surface area contributed by atoms with Crippen molar-refractivity contribution in [2.75, 3.05) is 43.9 Å². The number of halogens is 1. The van der Waals surface area contributed by atoms with Crippen molar-refractivity contribution >= 4 is 61.9 Å². The van der Waals surface area contributed by atoms with Gasteiger partial charge in [-0.15, -0.1) is 0 Å². The predicted octanol–water partition coefficient (Wildman–Crippen LogP) is 4.16. The van der Waals surface area contributed by atoms with Crippen molar-refractivity contribution in [3.8, 4) is 11.1 Å². The Hall–Kier alpha value is -4.15. The number of nitrogens with zero attached hydrogens (tertiary/aromatic N) is 5. The maximum atomic E-state index is 13.2. The molecule has 10 nitrogen and oxygen atoms in total. The van der Waals surface area contributed by atoms with Crippen molar-refractivity contribution in [1.29, 1.82) is 0 Å². The summed E-state index contributed by atoms with van der Waals surface area (Å²) in [7, 11) is 5.74. The molecule has 4 aromatic heterocycles. The van der Waals surface area contributed by atoms with Crippen LogP contribution < -0.4 is 15.6 Å². The number of aryl methyl sites for hydroxylation is 1. The van der Waals surface area contributed by atoms with E-state index >= 15 is 0 Å². The summed E-state index contributed by atoms with van der Waals surface area (Å²) >= 11 is 6.57. The largest absolute Gasteiger partial charge is 0.477 e. The van der Waals surface area contributed by atoms with E-state index in [1.54, 1.807) is 23.9 Å². The van der Waals surface area contributed by atoms with E-state index < -0.39 is 11.4 Å². The summed E-state index contributed by atoms with van der Waals surface area (Å²) < 4.78 is 1.57. The molecule has 7 rings (SSSR count). The van der Waals surface area contributed by atoms with Crippen LogP contribution in [0.3, 0.4) is 0 Å². The molecule has 0 saturated carbocycles. The highest BCUT2D eigenvalue weighted by atomic mass is 35.5. The van der Waals surface area contributed by atoms with Crippen molar-refractivity contribution in [3.05, 3.63) is 57.6 Å². The SMILES string of the molecule is CNc1cc(Cl)cc2c1[nH]c1ncc(-c3cnc4c(c3)c(=O)c(C(=O)O)cn4C)c(N3C[C@@H]4CCN(C)[C@@H]4C3)c12. The number of nitrogens with one attached hydrogen (secondary N) is 2. The summed E-state index contributed by atoms with van der Waals surface area (Å²) in [5.74, 6) is -0.705. The fraction of sp³-hybridized carbons (Fsp3) is 0.310. The highest BCUT2D eigenvalue weighted by Crippen LogP contribution is 2.45. The first-order valence-electron chi connectivity index (χ1n) is 13.2. The zero-order valence-corrected chi connectivity index (χ0v) is 23.1. The van der Waals surface area contributed by atoms with Gasteiger partial charge in [0.1, 0.15) is 16.9 Å². The number of fused-ring (bicyclic) bond motifs is 5. The number of rotatable bonds is 4. The molecular weight excluding hydrogens is 530 g/mol. The first-order chi connectivity index (χ1) is 19.2. The van der Waals surface area contributed by atoms with Crippen molar-refractivity contribution < 1.29 is 9.90 Å². The molecule has 0 amide bonds. The van der Waals surface area contributed by atoms with Crippen LogP contribution in [0.15, 0.2) is 41.6 Å². The Morgan fingerprint density at radius 3 is 2.73 bits per heavy atom. The molecule has 204 valence electrons. The third-order valence-electron chi connectivity index (χ3n) is 8.63. The van der Waals surface area contributed by atoms with Crippen molar-refractivity contribution in [2.24, 2.45) is 13.0 Å². The number of H-pyrrole nitrogens is 1. The Morgan fingerprint density at radius 1 is 1.15 bits per heavy atom. The Labute approximate surface area is 234 Å². The summed E-state index contributed by atoms with van der Waals surface area (Å²) in [6.07, 6.45) is 6.02. The number of aromatic nitrogens is 4. The number of likely N-dealkylation sites (tertiary alicyclic amines) is 1. The molecule has 0 spiro atoms. The molecule has 2 aliphatic rings. The quantitative estimate of drug-likeness (QED) is 0.301. The van der Waals surface area contributed by atoms with Crippen molar-refractivity contribution in [2.45, 2.75) is 12.5 Å². The maximum Gasteiger partial charge on any atom is 0.341 e. The molecule has 5 aromatic rings. The van der Waals surface area contributed by atoms with Gasteiger partial charge < -0.3 is 29.8 Å². The molecule has 0 radical (unpaired) electrons. The Balaban J connectivity index is 1.53. The van der Waals surface area contributed by atoms with E-state index in [2.05, 4.69) is 32.1 Å². The van der Waals surface area contributed by atoms with Crippen molar-refractivity contribution in [3.63, 3.8) is 0 Å². The zero-order valence-electron chi connectivity index (χ0n) is 22.3. The second kappa shape index (κ2) is 8.94. The molecule has 2 saturated heterocycles. The highest BCUT2D eigenvalue weighted by Gasteiger charge is 2.41. The smallest absolute Gasteiger partial charge is 0.341 e. The number of aromatic amines is 1. The van der Waals surface area contributed by atoms with E-state index in [-0.39, 0.29) is 10.9 Å². The fourth-order valence-corrected chi connectivity index (χ4v) is 6.88. The molecule has 2 aliphatic heterocycles. The fourth-order valence-electron chi connectivity index (χ4n) is 6.66. The van der Waals surface area contributed by atoms with Gasteiger partial charge in [0.2, 0.25) is 5.43 Å². The van der Waals surface area contributed by atoms with Gasteiger partial charge in [0, 0.05) is 73.4 Å². The van der Waals surface area contributed by atoms with Gasteiger partial charge in [-0.2, -0.15) is 0 Å². The summed E-state index contributed by atoms with van der Waals surface area (Å²) in [5, 5.41) is 15.6. The van der Waals surface area contributed by atoms with Crippen LogP contribution in [0.1, 0.15) is 16.8 Å². The minimum atomic E-state index is -1.26. The highest BCUT2D eigenvalue weighted by molar-refractivity contribution is 6.33. The van der Waals surface area contributed by atoms with E-state index in [1.807, 2.05) is 25.4 Å². The van der Waals surface area contributed by atoms with Crippen LogP contribution in [0, 0.1) is 5.92 Å². The number of carboxylic acids is 1. The molecular formula is C29H28ClN7O3. The topological polar surface area (TPSA) is 119 Å². The van der Waals surface area contributed by atoms with E-state index in [4.69, 9.17) is 16.6 Å². The monoisotopic (exact) mass is 557 g/mol. The van der Waals surface area contributed by atoms with Crippen LogP contribution >= 0.6 is 11.6 Å². The predicted molar refractivity (Wildman–Crippen MR) is 158 cm³/mol. The normalized spacial score (nSPS) is 19.2. The van der Waals surface area contributed by atoms with Gasteiger partial charge in [0.05, 0.1) is 27.7 Å². The summed E-state index contributed by atoms with van der Waals surface area (Å²) in [6, 6.07) is 6.05. The van der Waals surface area contributed by atoms with Crippen LogP contribution in [-0.2, 0) is 7.05 Å². The zero-order chi connectivity index (χ0) is 27.9. The Morgan fingerprint density at radius 2 is 1.98 bits per heavy atom. The number of benzene rings is 1. The molecule has 3 N–H and O–H groups in total. The lowest BCUT2D eigenvalue weighted by Crippen LogP contribution is -2.32. The summed E-state index contributed by atoms with van der Waals surface area (Å²) in [6.45, 7) is 2.87. The molecule has 0 unspecified atom stereocenters. The number of pyridine rings is 3. The van der Waals surface area contributed by atoms with Gasteiger partial charge in [0.25, 0.3) is 0 Å². The molecule has 2 atom stereocenters. The number of aromatic carboxylic acids is 1. The van der Waals surface area contributed by atoms with Crippen LogP contribution in [0.2, 0.25) is 5.02 Å². The third kappa shape index (κ3) is 3.59. The van der Waals surface area contributed by atoms with E-state index in [0.29, 0.717) is 28.2 Å². The third-order valence-corrected chi connectivity index (χ3v) is 8.85. The van der Waals surface area contributed by atoms with Crippen LogP contribution in [0.5, 0.6) is 0 Å². The summed E-state index contributed by atoms with van der Waals surface area (Å²) in [5.41, 5.74) is 4.66. The van der Waals surface area contributed by atoms with E-state index in [9.17, 15) is 14.7 Å². The van der Waals surface area contributed by atoms with Gasteiger partial charge >= 0.3 is 5.97 Å². The first kappa shape index (κ1) is 24.9. The molecule has 2 fully saturated rings. The molecule has 1 aromatic carbocycles. The van der Waals surface area contributed by atoms with Crippen LogP contribution in [0.4, 0.5) is 11.4 Å². The molecule has 40 heavy (non-hydrogen) atoms. The summed E-state index contributed by atoms with van der Waals surface area (Å²) in [4.78, 5) is 42.7. The number of carboxylic acid groups (broad SMARTS) is 1. The second-order valence-corrected chi connectivity index (χ2v) is 11.3. The molecule has 11 heteroatoms. The number of hydrogen-bond donors (Lipinski definition) is 3. The minimum Gasteiger partial charge on any atom is -0.477 e. The van der Waals surface area contributed by atoms with Crippen LogP contribution in [0.25, 0.3) is 44.1 Å². The number of hydrogen-bond acceptors (Lipinski definition) is 7. The maximum absolute atomic E-state index is 13.2. The first-order valence-corrected chi connectivity index (χ1v) is 13.6. The van der Waals surface area contributed by atoms with Crippen LogP contribution in [-0.4, -0.2) is 75.3 Å². The average molecular weight is 558 g/mol. The Bertz CT molecular complexity index is 1930. The number of carbonyl (C=O) groups is 1. The lowest BCUT2D eigenvalue weighted by Gasteiger charge is -2.25. The number of anilines is 2. The van der Waals surface area contributed by atoms with E-state index in [1.165, 1.54) is 6.20 Å². The Kier molecular flexibility index (Phi) is 5.55. The van der Waals surface area contributed by atoms with Gasteiger partial charge in [-0.1, -0.05) is 11.6 Å². The van der Waals surface area contributed by atoms with Crippen molar-refractivity contribution in [1.82, 2.24) is 24.4 Å². The standard InChI is InChI=1S/C29H28ClN7O3/c1-31-21-8-16(30)7-17-23-25(37-11-14-4-5-35(2)22(14)13-37)19(10-32-27(23)34-24(17)21)15-6-18-26(38)20(29(39)40)12-36(3)28(18)33-9-15/h6-10,12,14,22,31H,4-5,11,13H2,1-3H3,(H,32,34)(H,39,40)/t14-,22+/m0/s1. The molecule has 0 aliphatic carbocycles. The lowest BCUT2D eigenvalue weighted by molar-refractivity contribution is 0.0695. The lowest BCUT2D eigenvalue weighted by atomic mass is 10.0. The van der Waals surface area contributed by atoms with Gasteiger partial charge in [-0.05, 0) is 44.1 Å². The number of likely N-dealkylation sites (N-methyl/N-ethyl adjacent to an activating group) is 1. The van der Waals surface area contributed by atoms with Gasteiger partial charge in [0.15, 0.2) is 0 Å². The van der Waals surface area contributed by atoms with E-state index in [0.717, 1.165) is 64.9 Å². The average Bonchev–Trinajstić information content (AvgIpc) is 3.63. The molecule has 0 bridgehead atoms. The van der Waals surface area contributed by atoms with Gasteiger partial charge in [-0.3, -0.25) is 4.79 Å². The van der Waals surface area contributed by atoms with Gasteiger partial charge in [-0.25, -0.2) is 14.8 Å². The molecule has 6 heterocycles. The minimum absolute atomic E-state index is 0.253.